The monoisotopic (exact) mass is 311 g/mol. The van der Waals surface area contributed by atoms with Crippen molar-refractivity contribution in [2.24, 2.45) is 0 Å². The van der Waals surface area contributed by atoms with Crippen molar-refractivity contribution in [3.8, 4) is 0 Å². The van der Waals surface area contributed by atoms with Crippen molar-refractivity contribution in [3.63, 3.8) is 0 Å². The first-order valence-electron chi connectivity index (χ1n) is 6.74. The number of ether oxygens (including phenoxy) is 1. The number of nitrogens with zero attached hydrogens (tertiary/aromatic N) is 4. The van der Waals surface area contributed by atoms with Gasteiger partial charge in [0.1, 0.15) is 36.3 Å². The van der Waals surface area contributed by atoms with Crippen molar-refractivity contribution in [1.82, 2.24) is 19.5 Å². The molecule has 1 aliphatic rings. The van der Waals surface area contributed by atoms with E-state index in [4.69, 9.17) is 4.74 Å². The van der Waals surface area contributed by atoms with Gasteiger partial charge in [0.15, 0.2) is 17.7 Å². The van der Waals surface area contributed by atoms with Gasteiger partial charge < -0.3 is 30.5 Å². The average molecular weight is 311 g/mol. The van der Waals surface area contributed by atoms with Gasteiger partial charge in [0.05, 0.1) is 12.9 Å². The Labute approximate surface area is 125 Å². The Morgan fingerprint density at radius 1 is 1.18 bits per heavy atom. The van der Waals surface area contributed by atoms with Gasteiger partial charge in [-0.3, -0.25) is 4.57 Å². The van der Waals surface area contributed by atoms with Gasteiger partial charge in [0.2, 0.25) is 0 Å². The molecule has 3 heterocycles. The number of imidazole rings is 1. The average Bonchev–Trinajstić information content (AvgIpc) is 2.97. The van der Waals surface area contributed by atoms with Crippen molar-refractivity contribution < 1.29 is 25.2 Å². The standard InChI is InChI=1S/C12H17N5O5/c1-13-10-6-11(15-3-14-10)17(4-16-6)12-9(21)8(20)7(19)5(2-18)22-12/h3-5,7-9,12,18-21H,2H2,1H3,(H,13,14,15)/t5-,7-,8+,9-,12-/m1/s1. The van der Waals surface area contributed by atoms with Gasteiger partial charge in [-0.2, -0.15) is 0 Å². The van der Waals surface area contributed by atoms with Crippen LogP contribution in [0.5, 0.6) is 0 Å². The summed E-state index contributed by atoms with van der Waals surface area (Å²) in [6.07, 6.45) is -3.58. The molecule has 0 amide bonds. The molecule has 1 aliphatic heterocycles. The first kappa shape index (κ1) is 15.1. The van der Waals surface area contributed by atoms with Gasteiger partial charge in [0.25, 0.3) is 0 Å². The zero-order valence-corrected chi connectivity index (χ0v) is 11.7. The maximum Gasteiger partial charge on any atom is 0.167 e. The van der Waals surface area contributed by atoms with Crippen LogP contribution in [0.4, 0.5) is 5.82 Å². The smallest absolute Gasteiger partial charge is 0.167 e. The number of aliphatic hydroxyl groups is 4. The molecule has 120 valence electrons. The van der Waals surface area contributed by atoms with Gasteiger partial charge in [-0.25, -0.2) is 15.0 Å². The largest absolute Gasteiger partial charge is 0.394 e. The highest BCUT2D eigenvalue weighted by atomic mass is 16.6. The lowest BCUT2D eigenvalue weighted by atomic mass is 9.98. The molecule has 2 aromatic rings. The minimum absolute atomic E-state index is 0.392. The lowest BCUT2D eigenvalue weighted by Crippen LogP contribution is -2.56. The summed E-state index contributed by atoms with van der Waals surface area (Å²) in [6, 6.07) is 0. The number of nitrogens with one attached hydrogen (secondary N) is 1. The molecule has 5 N–H and O–H groups in total. The van der Waals surface area contributed by atoms with Gasteiger partial charge in [-0.1, -0.05) is 0 Å². The Hall–Kier alpha value is -1.85. The summed E-state index contributed by atoms with van der Waals surface area (Å²) >= 11 is 0. The predicted molar refractivity (Wildman–Crippen MR) is 73.9 cm³/mol. The number of hydrogen-bond donors (Lipinski definition) is 5. The molecule has 0 spiro atoms. The molecular weight excluding hydrogens is 294 g/mol. The number of rotatable bonds is 3. The molecule has 0 saturated carbocycles. The molecule has 0 aliphatic carbocycles. The molecule has 10 heteroatoms. The quantitative estimate of drug-likeness (QED) is 0.428. The molecule has 3 rings (SSSR count). The van der Waals surface area contributed by atoms with Gasteiger partial charge in [-0.05, 0) is 0 Å². The maximum absolute atomic E-state index is 10.2. The highest BCUT2D eigenvalue weighted by Crippen LogP contribution is 2.31. The zero-order valence-electron chi connectivity index (χ0n) is 11.7. The fourth-order valence-corrected chi connectivity index (χ4v) is 2.53. The van der Waals surface area contributed by atoms with E-state index < -0.39 is 37.3 Å². The van der Waals surface area contributed by atoms with Crippen LogP contribution in [-0.4, -0.2) is 78.0 Å². The van der Waals surface area contributed by atoms with E-state index in [0.29, 0.717) is 17.0 Å². The topological polar surface area (TPSA) is 146 Å². The summed E-state index contributed by atoms with van der Waals surface area (Å²) in [7, 11) is 1.69. The summed E-state index contributed by atoms with van der Waals surface area (Å²) in [5, 5.41) is 41.9. The minimum atomic E-state index is -1.46. The molecule has 10 nitrogen and oxygen atoms in total. The Morgan fingerprint density at radius 2 is 1.95 bits per heavy atom. The van der Waals surface area contributed by atoms with Crippen LogP contribution in [0.1, 0.15) is 6.23 Å². The molecule has 0 unspecified atom stereocenters. The second-order valence-corrected chi connectivity index (χ2v) is 5.02. The molecule has 1 fully saturated rings. The Kier molecular flexibility index (Phi) is 3.93. The van der Waals surface area contributed by atoms with Crippen LogP contribution in [0.25, 0.3) is 11.2 Å². The van der Waals surface area contributed by atoms with E-state index in [2.05, 4.69) is 20.3 Å². The lowest BCUT2D eigenvalue weighted by molar-refractivity contribution is -0.250. The van der Waals surface area contributed by atoms with Gasteiger partial charge in [-0.15, -0.1) is 0 Å². The van der Waals surface area contributed by atoms with Crippen LogP contribution in [0, 0.1) is 0 Å². The van der Waals surface area contributed by atoms with Gasteiger partial charge in [0, 0.05) is 7.05 Å². The van der Waals surface area contributed by atoms with Crippen LogP contribution in [0.15, 0.2) is 12.7 Å². The normalized spacial score (nSPS) is 32.3. The minimum Gasteiger partial charge on any atom is -0.394 e. The van der Waals surface area contributed by atoms with Crippen molar-refractivity contribution in [3.05, 3.63) is 12.7 Å². The van der Waals surface area contributed by atoms with Crippen LogP contribution in [0.3, 0.4) is 0 Å². The third-order valence-corrected chi connectivity index (χ3v) is 3.74. The first-order valence-corrected chi connectivity index (χ1v) is 6.74. The van der Waals surface area contributed by atoms with Crippen LogP contribution < -0.4 is 5.32 Å². The summed E-state index contributed by atoms with van der Waals surface area (Å²) < 4.78 is 6.92. The number of anilines is 1. The summed E-state index contributed by atoms with van der Waals surface area (Å²) in [5.74, 6) is 0.508. The second kappa shape index (κ2) is 5.74. The second-order valence-electron chi connectivity index (χ2n) is 5.02. The number of hydrogen-bond acceptors (Lipinski definition) is 9. The van der Waals surface area contributed by atoms with Gasteiger partial charge >= 0.3 is 0 Å². The number of fused-ring (bicyclic) bond motifs is 1. The summed E-state index contributed by atoms with van der Waals surface area (Å²) in [4.78, 5) is 12.3. The summed E-state index contributed by atoms with van der Waals surface area (Å²) in [5.41, 5.74) is 0.866. The van der Waals surface area contributed by atoms with Crippen molar-refractivity contribution in [1.29, 1.82) is 0 Å². The van der Waals surface area contributed by atoms with E-state index >= 15 is 0 Å². The molecule has 1 saturated heterocycles. The molecule has 0 aromatic carbocycles. The van der Waals surface area contributed by atoms with Crippen LogP contribution in [-0.2, 0) is 4.74 Å². The Morgan fingerprint density at radius 3 is 2.64 bits per heavy atom. The highest BCUT2D eigenvalue weighted by molar-refractivity contribution is 5.82. The van der Waals surface area contributed by atoms with E-state index in [9.17, 15) is 20.4 Å². The third kappa shape index (κ3) is 2.21. The maximum atomic E-state index is 10.2. The van der Waals surface area contributed by atoms with E-state index in [-0.39, 0.29) is 0 Å². The molecular formula is C12H17N5O5. The fraction of sp³-hybridized carbons (Fsp3) is 0.583. The third-order valence-electron chi connectivity index (χ3n) is 3.74. The van der Waals surface area contributed by atoms with E-state index in [0.717, 1.165) is 0 Å². The van der Waals surface area contributed by atoms with Crippen LogP contribution >= 0.6 is 0 Å². The van der Waals surface area contributed by atoms with Crippen molar-refractivity contribution >= 4 is 17.0 Å². The van der Waals surface area contributed by atoms with Crippen molar-refractivity contribution in [2.45, 2.75) is 30.6 Å². The Balaban J connectivity index is 2.03. The first-order chi connectivity index (χ1) is 10.6. The SMILES string of the molecule is CNc1ncnc2c1ncn2[C@@H]1O[C@H](CO)[C@@H](O)[C@H](O)[C@H]1O. The van der Waals surface area contributed by atoms with E-state index in [1.807, 2.05) is 0 Å². The zero-order chi connectivity index (χ0) is 15.9. The molecule has 2 aromatic heterocycles. The lowest BCUT2D eigenvalue weighted by Gasteiger charge is -2.40. The number of aliphatic hydroxyl groups excluding tert-OH is 4. The highest BCUT2D eigenvalue weighted by Gasteiger charge is 2.44. The molecule has 22 heavy (non-hydrogen) atoms. The van der Waals surface area contributed by atoms with Crippen molar-refractivity contribution in [2.75, 3.05) is 19.0 Å². The van der Waals surface area contributed by atoms with E-state index in [1.165, 1.54) is 17.2 Å². The predicted octanol–water partition coefficient (Wildman–Crippen LogP) is -2.16. The molecule has 5 atom stereocenters. The fourth-order valence-electron chi connectivity index (χ4n) is 2.53. The molecule has 0 bridgehead atoms. The van der Waals surface area contributed by atoms with Crippen LogP contribution in [0.2, 0.25) is 0 Å². The summed E-state index contributed by atoms with van der Waals surface area (Å²) in [6.45, 7) is -0.495. The van der Waals surface area contributed by atoms with E-state index in [1.54, 1.807) is 7.05 Å². The Bertz CT molecular complexity index is 662. The number of aromatic nitrogens is 4. The molecule has 0 radical (unpaired) electrons.